The van der Waals surface area contributed by atoms with Gasteiger partial charge in [0.2, 0.25) is 5.91 Å². The number of hydrogen-bond acceptors (Lipinski definition) is 4. The molecule has 0 bridgehead atoms. The maximum absolute atomic E-state index is 12.0. The van der Waals surface area contributed by atoms with Crippen LogP contribution in [0.4, 0.5) is 5.69 Å². The molecular weight excluding hydrogens is 368 g/mol. The molecule has 2 aromatic rings. The molecule has 2 N–H and O–H groups in total. The standard InChI is InChI=1S/C22H30N4O3/c1-23-22(24-12-5-14-28-17-20-6-4-15-29-20)25-16-18-8-10-19(11-9-18)26-13-3-2-7-21(26)27/h4,6,8-11,15H,2-3,5,7,12-14,16-17H2,1H3,(H2,23,24,25). The maximum Gasteiger partial charge on any atom is 0.226 e. The van der Waals surface area contributed by atoms with E-state index in [-0.39, 0.29) is 5.91 Å². The number of nitrogens with zero attached hydrogens (tertiary/aromatic N) is 2. The van der Waals surface area contributed by atoms with Crippen LogP contribution in [0.15, 0.2) is 52.1 Å². The second kappa shape index (κ2) is 11.3. The number of aliphatic imine (C=N–C) groups is 1. The maximum atomic E-state index is 12.0. The molecule has 1 aromatic heterocycles. The molecule has 0 unspecified atom stereocenters. The number of benzene rings is 1. The van der Waals surface area contributed by atoms with Crippen molar-refractivity contribution in [2.24, 2.45) is 4.99 Å². The summed E-state index contributed by atoms with van der Waals surface area (Å²) in [6, 6.07) is 11.9. The zero-order valence-corrected chi connectivity index (χ0v) is 17.0. The Morgan fingerprint density at radius 1 is 1.21 bits per heavy atom. The Hall–Kier alpha value is -2.80. The van der Waals surface area contributed by atoms with E-state index >= 15 is 0 Å². The van der Waals surface area contributed by atoms with Crippen LogP contribution in [-0.2, 0) is 22.7 Å². The smallest absolute Gasteiger partial charge is 0.226 e. The summed E-state index contributed by atoms with van der Waals surface area (Å²) in [6.45, 7) is 3.41. The van der Waals surface area contributed by atoms with Gasteiger partial charge >= 0.3 is 0 Å². The fourth-order valence-electron chi connectivity index (χ4n) is 3.23. The minimum absolute atomic E-state index is 0.222. The van der Waals surface area contributed by atoms with Gasteiger partial charge in [0.15, 0.2) is 5.96 Å². The van der Waals surface area contributed by atoms with Crippen LogP contribution in [0.1, 0.15) is 37.0 Å². The summed E-state index contributed by atoms with van der Waals surface area (Å²) in [5.74, 6) is 1.82. The van der Waals surface area contributed by atoms with Gasteiger partial charge in [0.05, 0.1) is 6.26 Å². The number of ether oxygens (including phenoxy) is 1. The molecule has 1 aliphatic rings. The van der Waals surface area contributed by atoms with Gasteiger partial charge < -0.3 is 24.7 Å². The van der Waals surface area contributed by atoms with E-state index in [0.717, 1.165) is 55.3 Å². The molecule has 7 nitrogen and oxygen atoms in total. The Morgan fingerprint density at radius 3 is 2.79 bits per heavy atom. The van der Waals surface area contributed by atoms with Crippen molar-refractivity contribution in [1.29, 1.82) is 0 Å². The van der Waals surface area contributed by atoms with E-state index in [4.69, 9.17) is 9.15 Å². The highest BCUT2D eigenvalue weighted by Crippen LogP contribution is 2.21. The fourth-order valence-corrected chi connectivity index (χ4v) is 3.23. The van der Waals surface area contributed by atoms with E-state index in [9.17, 15) is 4.79 Å². The van der Waals surface area contributed by atoms with Gasteiger partial charge in [-0.2, -0.15) is 0 Å². The molecule has 0 aliphatic carbocycles. The summed E-state index contributed by atoms with van der Waals surface area (Å²) in [5, 5.41) is 6.59. The Kier molecular flexibility index (Phi) is 8.12. The molecule has 0 spiro atoms. The number of rotatable bonds is 9. The molecule has 0 saturated carbocycles. The van der Waals surface area contributed by atoms with Crippen LogP contribution in [0.3, 0.4) is 0 Å². The fraction of sp³-hybridized carbons (Fsp3) is 0.455. The van der Waals surface area contributed by atoms with Crippen molar-refractivity contribution in [3.63, 3.8) is 0 Å². The van der Waals surface area contributed by atoms with E-state index in [0.29, 0.717) is 26.2 Å². The first-order valence-corrected chi connectivity index (χ1v) is 10.2. The van der Waals surface area contributed by atoms with Crippen LogP contribution in [-0.4, -0.2) is 38.6 Å². The molecular formula is C22H30N4O3. The number of hydrogen-bond donors (Lipinski definition) is 2. The highest BCUT2D eigenvalue weighted by Gasteiger charge is 2.19. The molecule has 1 aromatic carbocycles. The number of guanidine groups is 1. The summed E-state index contributed by atoms with van der Waals surface area (Å²) in [7, 11) is 1.76. The predicted octanol–water partition coefficient (Wildman–Crippen LogP) is 3.07. The molecule has 156 valence electrons. The Balaban J connectivity index is 1.34. The lowest BCUT2D eigenvalue weighted by Crippen LogP contribution is -2.37. The highest BCUT2D eigenvalue weighted by atomic mass is 16.5. The number of carbonyl (C=O) groups is 1. The lowest BCUT2D eigenvalue weighted by atomic mass is 10.1. The van der Waals surface area contributed by atoms with Crippen molar-refractivity contribution in [1.82, 2.24) is 10.6 Å². The predicted molar refractivity (Wildman–Crippen MR) is 114 cm³/mol. The molecule has 1 fully saturated rings. The third kappa shape index (κ3) is 6.64. The monoisotopic (exact) mass is 398 g/mol. The number of carbonyl (C=O) groups excluding carboxylic acids is 1. The van der Waals surface area contributed by atoms with Crippen LogP contribution in [0.5, 0.6) is 0 Å². The van der Waals surface area contributed by atoms with Gasteiger partial charge in [-0.1, -0.05) is 12.1 Å². The first-order valence-electron chi connectivity index (χ1n) is 10.2. The quantitative estimate of drug-likeness (QED) is 0.386. The van der Waals surface area contributed by atoms with Gasteiger partial charge in [0.25, 0.3) is 0 Å². The third-order valence-corrected chi connectivity index (χ3v) is 4.84. The van der Waals surface area contributed by atoms with Crippen LogP contribution < -0.4 is 15.5 Å². The molecule has 1 aliphatic heterocycles. The van der Waals surface area contributed by atoms with Crippen LogP contribution in [0.25, 0.3) is 0 Å². The summed E-state index contributed by atoms with van der Waals surface area (Å²) < 4.78 is 10.8. The Labute approximate surface area is 172 Å². The number of anilines is 1. The number of furan rings is 1. The first-order chi connectivity index (χ1) is 14.3. The summed E-state index contributed by atoms with van der Waals surface area (Å²) in [4.78, 5) is 18.2. The average Bonchev–Trinajstić information content (AvgIpc) is 3.27. The number of piperidine rings is 1. The van der Waals surface area contributed by atoms with Gasteiger partial charge in [-0.25, -0.2) is 0 Å². The molecule has 1 amide bonds. The van der Waals surface area contributed by atoms with Crippen molar-refractivity contribution in [2.45, 2.75) is 38.8 Å². The van der Waals surface area contributed by atoms with E-state index in [1.165, 1.54) is 0 Å². The molecule has 7 heteroatoms. The number of nitrogens with one attached hydrogen (secondary N) is 2. The van der Waals surface area contributed by atoms with Crippen LogP contribution in [0.2, 0.25) is 0 Å². The zero-order chi connectivity index (χ0) is 20.3. The third-order valence-electron chi connectivity index (χ3n) is 4.84. The molecule has 1 saturated heterocycles. The highest BCUT2D eigenvalue weighted by molar-refractivity contribution is 5.93. The summed E-state index contributed by atoms with van der Waals surface area (Å²) in [5.41, 5.74) is 2.12. The zero-order valence-electron chi connectivity index (χ0n) is 17.0. The molecule has 29 heavy (non-hydrogen) atoms. The van der Waals surface area contributed by atoms with E-state index < -0.39 is 0 Å². The summed E-state index contributed by atoms with van der Waals surface area (Å²) >= 11 is 0. The van der Waals surface area contributed by atoms with Crippen molar-refractivity contribution in [2.75, 3.05) is 31.6 Å². The Bertz CT molecular complexity index is 772. The summed E-state index contributed by atoms with van der Waals surface area (Å²) in [6.07, 6.45) is 5.25. The van der Waals surface area contributed by atoms with E-state index in [1.54, 1.807) is 13.3 Å². The van der Waals surface area contributed by atoms with Crippen LogP contribution in [0, 0.1) is 0 Å². The van der Waals surface area contributed by atoms with Crippen molar-refractivity contribution in [3.05, 3.63) is 54.0 Å². The second-order valence-corrected chi connectivity index (χ2v) is 7.01. The first kappa shape index (κ1) is 20.9. The van der Waals surface area contributed by atoms with E-state index in [2.05, 4.69) is 27.8 Å². The molecule has 0 radical (unpaired) electrons. The molecule has 3 rings (SSSR count). The van der Waals surface area contributed by atoms with Crippen molar-refractivity contribution in [3.8, 4) is 0 Å². The van der Waals surface area contributed by atoms with Gasteiger partial charge in [-0.05, 0) is 49.1 Å². The van der Waals surface area contributed by atoms with Gasteiger partial charge in [-0.15, -0.1) is 0 Å². The molecule has 2 heterocycles. The number of amides is 1. The normalized spacial score (nSPS) is 14.9. The van der Waals surface area contributed by atoms with Gasteiger partial charge in [-0.3, -0.25) is 9.79 Å². The van der Waals surface area contributed by atoms with Gasteiger partial charge in [0.1, 0.15) is 12.4 Å². The SMILES string of the molecule is CN=C(NCCCOCc1ccco1)NCc1ccc(N2CCCCC2=O)cc1. The van der Waals surface area contributed by atoms with E-state index in [1.807, 2.05) is 29.2 Å². The second-order valence-electron chi connectivity index (χ2n) is 7.01. The minimum Gasteiger partial charge on any atom is -0.467 e. The lowest BCUT2D eigenvalue weighted by Gasteiger charge is -2.26. The Morgan fingerprint density at radius 2 is 2.07 bits per heavy atom. The minimum atomic E-state index is 0.222. The van der Waals surface area contributed by atoms with Crippen molar-refractivity contribution < 1.29 is 13.9 Å². The lowest BCUT2D eigenvalue weighted by molar-refractivity contribution is -0.119. The molecule has 0 atom stereocenters. The van der Waals surface area contributed by atoms with Crippen LogP contribution >= 0.6 is 0 Å². The van der Waals surface area contributed by atoms with Crippen molar-refractivity contribution >= 4 is 17.6 Å². The topological polar surface area (TPSA) is 79.1 Å². The van der Waals surface area contributed by atoms with Gasteiger partial charge in [0, 0.05) is 45.4 Å². The largest absolute Gasteiger partial charge is 0.467 e. The average molecular weight is 399 g/mol.